The predicted octanol–water partition coefficient (Wildman–Crippen LogP) is 2.68. The van der Waals surface area contributed by atoms with Gasteiger partial charge in [-0.1, -0.05) is 24.3 Å². The van der Waals surface area contributed by atoms with Crippen LogP contribution in [-0.2, 0) is 11.2 Å². The molecule has 0 amide bonds. The summed E-state index contributed by atoms with van der Waals surface area (Å²) in [6, 6.07) is 8.54. The van der Waals surface area contributed by atoms with Crippen LogP contribution in [0.5, 0.6) is 0 Å². The lowest BCUT2D eigenvalue weighted by Crippen LogP contribution is -2.29. The second-order valence-corrected chi connectivity index (χ2v) is 5.74. The summed E-state index contributed by atoms with van der Waals surface area (Å²) in [7, 11) is 0. The number of hydrogen-bond acceptors (Lipinski definition) is 2. The van der Waals surface area contributed by atoms with Gasteiger partial charge in [0.15, 0.2) is 0 Å². The zero-order chi connectivity index (χ0) is 12.4. The van der Waals surface area contributed by atoms with Crippen LogP contribution >= 0.6 is 0 Å². The molecule has 1 fully saturated rings. The third-order valence-electron chi connectivity index (χ3n) is 4.41. The smallest absolute Gasteiger partial charge is 0.133 e. The fourth-order valence-electron chi connectivity index (χ4n) is 3.31. The van der Waals surface area contributed by atoms with Crippen molar-refractivity contribution in [1.29, 1.82) is 0 Å². The number of carbonyl (C=O) groups is 1. The molecular formula is C16H21NO. The molecular weight excluding hydrogens is 222 g/mol. The molecule has 1 atom stereocenters. The van der Waals surface area contributed by atoms with Crippen LogP contribution in [0.15, 0.2) is 24.3 Å². The molecule has 1 aromatic carbocycles. The van der Waals surface area contributed by atoms with Crippen molar-refractivity contribution in [2.45, 2.75) is 38.0 Å². The maximum Gasteiger partial charge on any atom is 0.133 e. The summed E-state index contributed by atoms with van der Waals surface area (Å²) in [5, 5.41) is 3.35. The number of fused-ring (bicyclic) bond motifs is 1. The van der Waals surface area contributed by atoms with Crippen LogP contribution in [0.3, 0.4) is 0 Å². The summed E-state index contributed by atoms with van der Waals surface area (Å²) in [6.07, 6.45) is 5.02. The van der Waals surface area contributed by atoms with E-state index in [1.807, 2.05) is 0 Å². The Balaban J connectivity index is 1.50. The van der Waals surface area contributed by atoms with E-state index in [-0.39, 0.29) is 0 Å². The van der Waals surface area contributed by atoms with Gasteiger partial charge in [0.05, 0.1) is 0 Å². The number of rotatable bonds is 4. The molecule has 0 aromatic heterocycles. The monoisotopic (exact) mass is 243 g/mol. The Morgan fingerprint density at radius 1 is 1.17 bits per heavy atom. The Hall–Kier alpha value is -1.15. The van der Waals surface area contributed by atoms with Gasteiger partial charge in [0.2, 0.25) is 0 Å². The maximum absolute atomic E-state index is 12.1. The van der Waals surface area contributed by atoms with Gasteiger partial charge in [0.25, 0.3) is 0 Å². The third-order valence-corrected chi connectivity index (χ3v) is 4.41. The maximum atomic E-state index is 12.1. The molecule has 1 N–H and O–H groups in total. The van der Waals surface area contributed by atoms with Gasteiger partial charge in [-0.15, -0.1) is 0 Å². The average Bonchev–Trinajstić information content (AvgIpc) is 2.37. The van der Waals surface area contributed by atoms with E-state index in [2.05, 4.69) is 29.6 Å². The first-order chi connectivity index (χ1) is 8.83. The molecule has 1 saturated heterocycles. The number of nitrogens with one attached hydrogen (secondary N) is 1. The van der Waals surface area contributed by atoms with Crippen molar-refractivity contribution >= 4 is 5.78 Å². The molecule has 18 heavy (non-hydrogen) atoms. The first kappa shape index (κ1) is 11.9. The van der Waals surface area contributed by atoms with Gasteiger partial charge >= 0.3 is 0 Å². The standard InChI is InChI=1S/C16H21NO/c18-15(9-12-5-7-17-8-6-12)11-14-10-13-3-1-2-4-16(13)14/h1-4,12,14,17H,5-11H2. The van der Waals surface area contributed by atoms with Crippen molar-refractivity contribution in [3.63, 3.8) is 0 Å². The van der Waals surface area contributed by atoms with E-state index in [1.165, 1.54) is 24.0 Å². The zero-order valence-electron chi connectivity index (χ0n) is 10.8. The van der Waals surface area contributed by atoms with E-state index in [0.717, 1.165) is 32.4 Å². The molecule has 1 heterocycles. The first-order valence-corrected chi connectivity index (χ1v) is 7.13. The first-order valence-electron chi connectivity index (χ1n) is 7.13. The highest BCUT2D eigenvalue weighted by Crippen LogP contribution is 2.37. The number of piperidine rings is 1. The molecule has 2 heteroatoms. The molecule has 0 radical (unpaired) electrons. The quantitative estimate of drug-likeness (QED) is 0.881. The van der Waals surface area contributed by atoms with Crippen LogP contribution in [0.1, 0.15) is 42.7 Å². The molecule has 0 spiro atoms. The Morgan fingerprint density at radius 2 is 1.94 bits per heavy atom. The Bertz CT molecular complexity index is 434. The van der Waals surface area contributed by atoms with Gasteiger partial charge in [0.1, 0.15) is 5.78 Å². The van der Waals surface area contributed by atoms with E-state index in [1.54, 1.807) is 0 Å². The van der Waals surface area contributed by atoms with Crippen molar-refractivity contribution in [3.8, 4) is 0 Å². The SMILES string of the molecule is O=C(CC1CCNCC1)CC1Cc2ccccc21. The van der Waals surface area contributed by atoms with Crippen molar-refractivity contribution < 1.29 is 4.79 Å². The molecule has 1 unspecified atom stereocenters. The van der Waals surface area contributed by atoms with Crippen LogP contribution < -0.4 is 5.32 Å². The van der Waals surface area contributed by atoms with Gasteiger partial charge in [0, 0.05) is 12.8 Å². The molecule has 0 bridgehead atoms. The minimum absolute atomic E-state index is 0.474. The topological polar surface area (TPSA) is 29.1 Å². The second kappa shape index (κ2) is 5.23. The highest BCUT2D eigenvalue weighted by Gasteiger charge is 2.28. The van der Waals surface area contributed by atoms with Gasteiger partial charge in [-0.3, -0.25) is 4.79 Å². The Morgan fingerprint density at radius 3 is 2.72 bits per heavy atom. The van der Waals surface area contributed by atoms with Crippen LogP contribution in [-0.4, -0.2) is 18.9 Å². The van der Waals surface area contributed by atoms with Crippen LogP contribution in [0.2, 0.25) is 0 Å². The lowest BCUT2D eigenvalue weighted by Gasteiger charge is -2.30. The summed E-state index contributed by atoms with van der Waals surface area (Å²) < 4.78 is 0. The third kappa shape index (κ3) is 2.49. The predicted molar refractivity (Wildman–Crippen MR) is 72.7 cm³/mol. The molecule has 3 rings (SSSR count). The van der Waals surface area contributed by atoms with Crippen LogP contribution in [0, 0.1) is 5.92 Å². The summed E-state index contributed by atoms with van der Waals surface area (Å²) >= 11 is 0. The minimum Gasteiger partial charge on any atom is -0.317 e. The molecule has 0 saturated carbocycles. The van der Waals surface area contributed by atoms with Crippen molar-refractivity contribution in [2.75, 3.05) is 13.1 Å². The number of carbonyl (C=O) groups excluding carboxylic acids is 1. The van der Waals surface area contributed by atoms with E-state index in [4.69, 9.17) is 0 Å². The number of hydrogen-bond donors (Lipinski definition) is 1. The van der Waals surface area contributed by atoms with E-state index in [9.17, 15) is 4.79 Å². The van der Waals surface area contributed by atoms with Crippen molar-refractivity contribution in [2.24, 2.45) is 5.92 Å². The van der Waals surface area contributed by atoms with Gasteiger partial charge in [-0.25, -0.2) is 0 Å². The molecule has 1 aromatic rings. The second-order valence-electron chi connectivity index (χ2n) is 5.74. The van der Waals surface area contributed by atoms with Gasteiger partial charge in [-0.05, 0) is 55.3 Å². The van der Waals surface area contributed by atoms with Crippen LogP contribution in [0.25, 0.3) is 0 Å². The Labute approximate surface area is 109 Å². The number of ketones is 1. The highest BCUT2D eigenvalue weighted by atomic mass is 16.1. The fraction of sp³-hybridized carbons (Fsp3) is 0.562. The zero-order valence-corrected chi connectivity index (χ0v) is 10.8. The highest BCUT2D eigenvalue weighted by molar-refractivity contribution is 5.80. The fourth-order valence-corrected chi connectivity index (χ4v) is 3.31. The normalized spacial score (nSPS) is 23.2. The lowest BCUT2D eigenvalue weighted by molar-refractivity contribution is -0.120. The molecule has 2 nitrogen and oxygen atoms in total. The summed E-state index contributed by atoms with van der Waals surface area (Å²) in [6.45, 7) is 2.18. The van der Waals surface area contributed by atoms with E-state index < -0.39 is 0 Å². The van der Waals surface area contributed by atoms with Gasteiger partial charge < -0.3 is 5.32 Å². The largest absolute Gasteiger partial charge is 0.317 e. The van der Waals surface area contributed by atoms with Crippen molar-refractivity contribution in [1.82, 2.24) is 5.32 Å². The molecule has 96 valence electrons. The summed E-state index contributed by atoms with van der Waals surface area (Å²) in [4.78, 5) is 12.1. The Kier molecular flexibility index (Phi) is 3.46. The summed E-state index contributed by atoms with van der Waals surface area (Å²) in [5.74, 6) is 1.62. The minimum atomic E-state index is 0.474. The molecule has 1 aliphatic heterocycles. The van der Waals surface area contributed by atoms with Crippen LogP contribution in [0.4, 0.5) is 0 Å². The van der Waals surface area contributed by atoms with Gasteiger partial charge in [-0.2, -0.15) is 0 Å². The van der Waals surface area contributed by atoms with Crippen molar-refractivity contribution in [3.05, 3.63) is 35.4 Å². The van der Waals surface area contributed by atoms with E-state index in [0.29, 0.717) is 17.6 Å². The van der Waals surface area contributed by atoms with E-state index >= 15 is 0 Å². The lowest BCUT2D eigenvalue weighted by atomic mass is 9.74. The average molecular weight is 243 g/mol. The number of Topliss-reactive ketones (excluding diaryl/α,β-unsaturated/α-hetero) is 1. The summed E-state index contributed by atoms with van der Waals surface area (Å²) in [5.41, 5.74) is 2.85. The molecule has 2 aliphatic rings. The number of benzene rings is 1. The molecule has 1 aliphatic carbocycles.